The predicted octanol–water partition coefficient (Wildman–Crippen LogP) is 2.41. The Morgan fingerprint density at radius 3 is 2.26 bits per heavy atom. The number of carbonyl (C=O) groups is 3. The molecule has 0 spiro atoms. The fourth-order valence-corrected chi connectivity index (χ4v) is 2.78. The number of thioether (sulfide) groups is 1. The predicted molar refractivity (Wildman–Crippen MR) is 106 cm³/mol. The molecule has 6 nitrogen and oxygen atoms in total. The lowest BCUT2D eigenvalue weighted by molar-refractivity contribution is -0.126. The number of amides is 3. The molecule has 2 aromatic rings. The van der Waals surface area contributed by atoms with Gasteiger partial charge in [0.1, 0.15) is 5.70 Å². The minimum absolute atomic E-state index is 0.0418. The van der Waals surface area contributed by atoms with E-state index in [1.807, 2.05) is 49.4 Å². The lowest BCUT2D eigenvalue weighted by atomic mass is 10.2. The van der Waals surface area contributed by atoms with E-state index in [0.717, 1.165) is 16.0 Å². The standard InChI is InChI=1S/C20H21N3O3S/c1-14-8-10-17(11-9-14)27-13-19(25)22-23-20(26)18(21-15(2)24)12-16-6-4-3-5-7-16/h3-12H,13H2,1-2H3,(H,21,24)(H,22,25)(H,23,26)/b18-12-. The van der Waals surface area contributed by atoms with Gasteiger partial charge in [-0.05, 0) is 30.7 Å². The number of carbonyl (C=O) groups excluding carboxylic acids is 3. The molecule has 0 atom stereocenters. The molecule has 0 aromatic heterocycles. The van der Waals surface area contributed by atoms with Crippen LogP contribution in [-0.2, 0) is 14.4 Å². The van der Waals surface area contributed by atoms with Gasteiger partial charge < -0.3 is 5.32 Å². The molecule has 0 saturated carbocycles. The van der Waals surface area contributed by atoms with E-state index in [4.69, 9.17) is 0 Å². The third-order valence-electron chi connectivity index (χ3n) is 3.37. The van der Waals surface area contributed by atoms with Crippen LogP contribution in [0, 0.1) is 6.92 Å². The molecule has 0 bridgehead atoms. The molecule has 7 heteroatoms. The van der Waals surface area contributed by atoms with Gasteiger partial charge in [0.25, 0.3) is 5.91 Å². The van der Waals surface area contributed by atoms with Gasteiger partial charge >= 0.3 is 0 Å². The first-order valence-electron chi connectivity index (χ1n) is 8.27. The Hall–Kier alpha value is -3.06. The molecule has 3 amide bonds. The number of benzene rings is 2. The summed E-state index contributed by atoms with van der Waals surface area (Å²) in [5, 5.41) is 2.47. The molecule has 0 heterocycles. The zero-order chi connectivity index (χ0) is 19.6. The molecular formula is C20H21N3O3S. The molecule has 140 valence electrons. The third-order valence-corrected chi connectivity index (χ3v) is 4.38. The Morgan fingerprint density at radius 1 is 0.963 bits per heavy atom. The molecule has 0 fully saturated rings. The summed E-state index contributed by atoms with van der Waals surface area (Å²) in [5.41, 5.74) is 6.61. The van der Waals surface area contributed by atoms with Crippen LogP contribution in [0.5, 0.6) is 0 Å². The Morgan fingerprint density at radius 2 is 1.63 bits per heavy atom. The molecule has 0 radical (unpaired) electrons. The second kappa shape index (κ2) is 10.2. The van der Waals surface area contributed by atoms with Gasteiger partial charge in [0.15, 0.2) is 0 Å². The molecule has 27 heavy (non-hydrogen) atoms. The zero-order valence-corrected chi connectivity index (χ0v) is 15.9. The number of rotatable bonds is 6. The molecule has 0 aliphatic carbocycles. The number of nitrogens with one attached hydrogen (secondary N) is 3. The molecule has 3 N–H and O–H groups in total. The van der Waals surface area contributed by atoms with Gasteiger partial charge in [-0.1, -0.05) is 48.0 Å². The highest BCUT2D eigenvalue weighted by molar-refractivity contribution is 8.00. The summed E-state index contributed by atoms with van der Waals surface area (Å²) >= 11 is 1.36. The van der Waals surface area contributed by atoms with Crippen LogP contribution in [0.3, 0.4) is 0 Å². The average Bonchev–Trinajstić information content (AvgIpc) is 2.65. The summed E-state index contributed by atoms with van der Waals surface area (Å²) in [6.45, 7) is 3.30. The van der Waals surface area contributed by atoms with Gasteiger partial charge in [0, 0.05) is 11.8 Å². The molecule has 0 saturated heterocycles. The first-order chi connectivity index (χ1) is 12.9. The molecule has 2 rings (SSSR count). The van der Waals surface area contributed by atoms with Gasteiger partial charge in [-0.25, -0.2) is 0 Å². The van der Waals surface area contributed by atoms with Gasteiger partial charge in [0.05, 0.1) is 5.75 Å². The van der Waals surface area contributed by atoms with Crippen LogP contribution >= 0.6 is 11.8 Å². The maximum atomic E-state index is 12.3. The third kappa shape index (κ3) is 7.37. The van der Waals surface area contributed by atoms with Crippen molar-refractivity contribution in [2.75, 3.05) is 5.75 Å². The van der Waals surface area contributed by atoms with Crippen LogP contribution in [0.1, 0.15) is 18.1 Å². The zero-order valence-electron chi connectivity index (χ0n) is 15.1. The Bertz CT molecular complexity index is 833. The number of aryl methyl sites for hydroxylation is 1. The minimum atomic E-state index is -0.609. The van der Waals surface area contributed by atoms with Crippen molar-refractivity contribution in [1.29, 1.82) is 0 Å². The number of hydrogen-bond acceptors (Lipinski definition) is 4. The Balaban J connectivity index is 1.90. The SMILES string of the molecule is CC(=O)N/C(=C\c1ccccc1)C(=O)NNC(=O)CSc1ccc(C)cc1. The summed E-state index contributed by atoms with van der Waals surface area (Å²) in [6.07, 6.45) is 1.53. The van der Waals surface area contributed by atoms with E-state index in [0.29, 0.717) is 0 Å². The van der Waals surface area contributed by atoms with Crippen molar-refractivity contribution in [3.8, 4) is 0 Å². The quantitative estimate of drug-likeness (QED) is 0.406. The van der Waals surface area contributed by atoms with E-state index in [-0.39, 0.29) is 23.3 Å². The van der Waals surface area contributed by atoms with E-state index in [1.165, 1.54) is 24.8 Å². The normalized spacial score (nSPS) is 10.8. The highest BCUT2D eigenvalue weighted by Gasteiger charge is 2.12. The van der Waals surface area contributed by atoms with Gasteiger partial charge in [-0.2, -0.15) is 0 Å². The van der Waals surface area contributed by atoms with E-state index >= 15 is 0 Å². The number of hydrazine groups is 1. The summed E-state index contributed by atoms with van der Waals surface area (Å²) in [7, 11) is 0. The van der Waals surface area contributed by atoms with Crippen LogP contribution < -0.4 is 16.2 Å². The summed E-state index contributed by atoms with van der Waals surface area (Å²) in [4.78, 5) is 36.5. The van der Waals surface area contributed by atoms with Crippen molar-refractivity contribution in [1.82, 2.24) is 16.2 Å². The average molecular weight is 383 g/mol. The van der Waals surface area contributed by atoms with Crippen LogP contribution in [0.25, 0.3) is 6.08 Å². The fourth-order valence-electron chi connectivity index (χ4n) is 2.08. The van der Waals surface area contributed by atoms with Gasteiger partial charge in [-0.15, -0.1) is 11.8 Å². The first kappa shape index (κ1) is 20.3. The fraction of sp³-hybridized carbons (Fsp3) is 0.150. The highest BCUT2D eigenvalue weighted by atomic mass is 32.2. The van der Waals surface area contributed by atoms with Crippen LogP contribution in [0.4, 0.5) is 0 Å². The monoisotopic (exact) mass is 383 g/mol. The van der Waals surface area contributed by atoms with E-state index < -0.39 is 5.91 Å². The van der Waals surface area contributed by atoms with Crippen LogP contribution in [-0.4, -0.2) is 23.5 Å². The van der Waals surface area contributed by atoms with E-state index in [1.54, 1.807) is 12.1 Å². The van der Waals surface area contributed by atoms with Crippen molar-refractivity contribution in [3.63, 3.8) is 0 Å². The smallest absolute Gasteiger partial charge is 0.286 e. The second-order valence-corrected chi connectivity index (χ2v) is 6.80. The molecular weight excluding hydrogens is 362 g/mol. The second-order valence-electron chi connectivity index (χ2n) is 5.75. The van der Waals surface area contributed by atoms with Crippen molar-refractivity contribution in [2.45, 2.75) is 18.7 Å². The lowest BCUT2D eigenvalue weighted by Crippen LogP contribution is -2.45. The van der Waals surface area contributed by atoms with Crippen molar-refractivity contribution < 1.29 is 14.4 Å². The van der Waals surface area contributed by atoms with E-state index in [9.17, 15) is 14.4 Å². The lowest BCUT2D eigenvalue weighted by Gasteiger charge is -2.11. The largest absolute Gasteiger partial charge is 0.322 e. The molecule has 0 aliphatic rings. The highest BCUT2D eigenvalue weighted by Crippen LogP contribution is 2.17. The molecule has 2 aromatic carbocycles. The van der Waals surface area contributed by atoms with Gasteiger partial charge in [0.2, 0.25) is 11.8 Å². The van der Waals surface area contributed by atoms with Crippen molar-refractivity contribution >= 4 is 35.6 Å². The number of hydrogen-bond donors (Lipinski definition) is 3. The summed E-state index contributed by atoms with van der Waals surface area (Å²) in [5.74, 6) is -1.19. The Kier molecular flexibility index (Phi) is 7.63. The van der Waals surface area contributed by atoms with E-state index in [2.05, 4.69) is 16.2 Å². The van der Waals surface area contributed by atoms with Crippen LogP contribution in [0.2, 0.25) is 0 Å². The topological polar surface area (TPSA) is 87.3 Å². The summed E-state index contributed by atoms with van der Waals surface area (Å²) in [6, 6.07) is 16.9. The maximum absolute atomic E-state index is 12.3. The maximum Gasteiger partial charge on any atom is 0.286 e. The van der Waals surface area contributed by atoms with Crippen LogP contribution in [0.15, 0.2) is 65.2 Å². The molecule has 0 aliphatic heterocycles. The molecule has 0 unspecified atom stereocenters. The minimum Gasteiger partial charge on any atom is -0.322 e. The summed E-state index contributed by atoms with van der Waals surface area (Å²) < 4.78 is 0. The Labute approximate surface area is 162 Å². The van der Waals surface area contributed by atoms with Crippen molar-refractivity contribution in [2.24, 2.45) is 0 Å². The first-order valence-corrected chi connectivity index (χ1v) is 9.25. The van der Waals surface area contributed by atoms with Crippen molar-refractivity contribution in [3.05, 3.63) is 71.4 Å². The van der Waals surface area contributed by atoms with Gasteiger partial charge in [-0.3, -0.25) is 25.2 Å².